The average Bonchev–Trinajstić information content (AvgIpc) is 3.04. The van der Waals surface area contributed by atoms with Gasteiger partial charge in [0.2, 0.25) is 0 Å². The van der Waals surface area contributed by atoms with E-state index in [0.717, 1.165) is 18.4 Å². The molecular weight excluding hydrogens is 340 g/mol. The molecular formula is C23H30O2S. The second-order valence-corrected chi connectivity index (χ2v) is 11.3. The molecule has 0 fully saturated rings. The van der Waals surface area contributed by atoms with Gasteiger partial charge in [-0.05, 0) is 93.2 Å². The van der Waals surface area contributed by atoms with Crippen molar-refractivity contribution in [2.45, 2.75) is 70.3 Å². The quantitative estimate of drug-likeness (QED) is 0.744. The van der Waals surface area contributed by atoms with Crippen LogP contribution in [0.5, 0.6) is 0 Å². The van der Waals surface area contributed by atoms with Gasteiger partial charge in [-0.2, -0.15) is 0 Å². The lowest BCUT2D eigenvalue weighted by Crippen LogP contribution is -2.29. The van der Waals surface area contributed by atoms with E-state index in [-0.39, 0.29) is 5.75 Å². The molecule has 0 bridgehead atoms. The number of hydrogen-bond donors (Lipinski definition) is 0. The van der Waals surface area contributed by atoms with Crippen LogP contribution in [-0.4, -0.2) is 13.2 Å². The summed E-state index contributed by atoms with van der Waals surface area (Å²) in [7, 11) is -3.13. The molecule has 0 unspecified atom stereocenters. The topological polar surface area (TPSA) is 34.1 Å². The van der Waals surface area contributed by atoms with Gasteiger partial charge in [-0.15, -0.1) is 0 Å². The van der Waals surface area contributed by atoms with Crippen molar-refractivity contribution in [2.24, 2.45) is 0 Å². The van der Waals surface area contributed by atoms with Crippen LogP contribution in [0.25, 0.3) is 0 Å². The molecule has 0 N–H and O–H groups in total. The van der Waals surface area contributed by atoms with Gasteiger partial charge in [-0.1, -0.05) is 36.4 Å². The predicted molar refractivity (Wildman–Crippen MR) is 109 cm³/mol. The van der Waals surface area contributed by atoms with Gasteiger partial charge < -0.3 is 0 Å². The van der Waals surface area contributed by atoms with E-state index in [4.69, 9.17) is 0 Å². The van der Waals surface area contributed by atoms with Gasteiger partial charge in [0, 0.05) is 0 Å². The Hall–Kier alpha value is -1.61. The summed E-state index contributed by atoms with van der Waals surface area (Å²) in [6.45, 7) is 7.54. The van der Waals surface area contributed by atoms with Crippen molar-refractivity contribution in [2.75, 3.05) is 0 Å². The number of fused-ring (bicyclic) bond motifs is 1. The normalized spacial score (nSPS) is 14.5. The first-order chi connectivity index (χ1) is 12.2. The minimum atomic E-state index is -3.13. The van der Waals surface area contributed by atoms with Crippen LogP contribution < -0.4 is 0 Å². The Bertz CT molecular complexity index is 885. The van der Waals surface area contributed by atoms with Crippen molar-refractivity contribution < 1.29 is 8.42 Å². The Morgan fingerprint density at radius 1 is 0.885 bits per heavy atom. The van der Waals surface area contributed by atoms with Crippen LogP contribution in [0.15, 0.2) is 36.4 Å². The monoisotopic (exact) mass is 370 g/mol. The number of benzene rings is 2. The second-order valence-electron chi connectivity index (χ2n) is 8.53. The zero-order chi connectivity index (χ0) is 18.9. The Morgan fingerprint density at radius 2 is 1.54 bits per heavy atom. The fourth-order valence-electron chi connectivity index (χ4n) is 3.69. The van der Waals surface area contributed by atoms with Crippen molar-refractivity contribution in [3.63, 3.8) is 0 Å². The fourth-order valence-corrected chi connectivity index (χ4v) is 4.75. The van der Waals surface area contributed by atoms with E-state index in [1.807, 2.05) is 12.1 Å². The Labute approximate surface area is 158 Å². The molecule has 3 heteroatoms. The molecule has 0 spiro atoms. The molecule has 2 aromatic rings. The third kappa shape index (κ3) is 4.03. The molecule has 0 atom stereocenters. The van der Waals surface area contributed by atoms with Gasteiger partial charge in [-0.3, -0.25) is 0 Å². The van der Waals surface area contributed by atoms with Crippen LogP contribution in [0.3, 0.4) is 0 Å². The molecule has 3 rings (SSSR count). The summed E-state index contributed by atoms with van der Waals surface area (Å²) in [6, 6.07) is 12.7. The lowest BCUT2D eigenvalue weighted by Gasteiger charge is -2.19. The van der Waals surface area contributed by atoms with Crippen molar-refractivity contribution >= 4 is 9.84 Å². The summed E-state index contributed by atoms with van der Waals surface area (Å²) in [4.78, 5) is 0. The third-order valence-electron chi connectivity index (χ3n) is 5.68. The van der Waals surface area contributed by atoms with E-state index in [1.165, 1.54) is 41.5 Å². The predicted octanol–water partition coefficient (Wildman–Crippen LogP) is 4.98. The number of sulfone groups is 1. The first kappa shape index (κ1) is 19.2. The minimum absolute atomic E-state index is 0.112. The van der Waals surface area contributed by atoms with Crippen molar-refractivity contribution in [1.82, 2.24) is 0 Å². The maximum Gasteiger partial charge on any atom is 0.159 e. The first-order valence-corrected chi connectivity index (χ1v) is 11.2. The smallest absolute Gasteiger partial charge is 0.159 e. The van der Waals surface area contributed by atoms with Crippen LogP contribution in [0.2, 0.25) is 0 Å². The highest BCUT2D eigenvalue weighted by Crippen LogP contribution is 2.28. The standard InChI is InChI=1S/C23H30O2S/c1-17-20(14-15-21-6-5-7-22(17)21)13-12-18-8-10-19(11-9-18)16-26(24,25)23(2,3)4/h8-11,14-15H,5-7,12-13,16H2,1-4H3. The Balaban J connectivity index is 1.66. The molecule has 1 aliphatic carbocycles. The molecule has 0 saturated carbocycles. The van der Waals surface area contributed by atoms with Crippen LogP contribution in [0.4, 0.5) is 0 Å². The highest BCUT2D eigenvalue weighted by Gasteiger charge is 2.28. The highest BCUT2D eigenvalue weighted by atomic mass is 32.2. The molecule has 0 aromatic heterocycles. The van der Waals surface area contributed by atoms with E-state index in [9.17, 15) is 8.42 Å². The van der Waals surface area contributed by atoms with Gasteiger partial charge in [0.05, 0.1) is 10.5 Å². The van der Waals surface area contributed by atoms with Gasteiger partial charge in [0.25, 0.3) is 0 Å². The molecule has 0 saturated heterocycles. The summed E-state index contributed by atoms with van der Waals surface area (Å²) in [6.07, 6.45) is 5.78. The lowest BCUT2D eigenvalue weighted by atomic mass is 9.94. The molecule has 140 valence electrons. The summed E-state index contributed by atoms with van der Waals surface area (Å²) in [5, 5.41) is 0. The van der Waals surface area contributed by atoms with Crippen LogP contribution in [0.1, 0.15) is 60.6 Å². The summed E-state index contributed by atoms with van der Waals surface area (Å²) in [5.41, 5.74) is 8.18. The molecule has 0 aliphatic heterocycles. The molecule has 26 heavy (non-hydrogen) atoms. The SMILES string of the molecule is Cc1c(CCc2ccc(CS(=O)(=O)C(C)(C)C)cc2)ccc2c1CCC2. The summed E-state index contributed by atoms with van der Waals surface area (Å²) >= 11 is 0. The van der Waals surface area contributed by atoms with Crippen LogP contribution in [0, 0.1) is 6.92 Å². The average molecular weight is 371 g/mol. The van der Waals surface area contributed by atoms with Crippen LogP contribution in [-0.2, 0) is 41.3 Å². The fraction of sp³-hybridized carbons (Fsp3) is 0.478. The minimum Gasteiger partial charge on any atom is -0.228 e. The van der Waals surface area contributed by atoms with E-state index < -0.39 is 14.6 Å². The molecule has 0 radical (unpaired) electrons. The first-order valence-electron chi connectivity index (χ1n) is 9.58. The number of hydrogen-bond acceptors (Lipinski definition) is 2. The van der Waals surface area contributed by atoms with Gasteiger partial charge in [0.1, 0.15) is 0 Å². The number of aryl methyl sites for hydroxylation is 3. The summed E-state index contributed by atoms with van der Waals surface area (Å²) in [5.74, 6) is 0.112. The van der Waals surface area contributed by atoms with Gasteiger partial charge in [0.15, 0.2) is 9.84 Å². The van der Waals surface area contributed by atoms with Crippen molar-refractivity contribution in [1.29, 1.82) is 0 Å². The van der Waals surface area contributed by atoms with E-state index in [2.05, 4.69) is 31.2 Å². The zero-order valence-electron chi connectivity index (χ0n) is 16.4. The number of rotatable bonds is 5. The molecule has 2 nitrogen and oxygen atoms in total. The highest BCUT2D eigenvalue weighted by molar-refractivity contribution is 7.91. The lowest BCUT2D eigenvalue weighted by molar-refractivity contribution is 0.559. The Morgan fingerprint density at radius 3 is 2.19 bits per heavy atom. The molecule has 0 heterocycles. The third-order valence-corrected chi connectivity index (χ3v) is 8.26. The largest absolute Gasteiger partial charge is 0.228 e. The van der Waals surface area contributed by atoms with E-state index >= 15 is 0 Å². The van der Waals surface area contributed by atoms with Crippen LogP contribution >= 0.6 is 0 Å². The second kappa shape index (κ2) is 7.19. The molecule has 1 aliphatic rings. The molecule has 2 aromatic carbocycles. The maximum absolute atomic E-state index is 12.3. The van der Waals surface area contributed by atoms with Gasteiger partial charge >= 0.3 is 0 Å². The zero-order valence-corrected chi connectivity index (χ0v) is 17.2. The van der Waals surface area contributed by atoms with Crippen molar-refractivity contribution in [3.05, 3.63) is 69.8 Å². The van der Waals surface area contributed by atoms with E-state index in [0.29, 0.717) is 0 Å². The van der Waals surface area contributed by atoms with Gasteiger partial charge in [-0.25, -0.2) is 8.42 Å². The maximum atomic E-state index is 12.3. The van der Waals surface area contributed by atoms with Crippen molar-refractivity contribution in [3.8, 4) is 0 Å². The molecule has 0 amide bonds. The summed E-state index contributed by atoms with van der Waals surface area (Å²) < 4.78 is 24.0. The Kier molecular flexibility index (Phi) is 5.30. The van der Waals surface area contributed by atoms with E-state index in [1.54, 1.807) is 26.3 Å².